The van der Waals surface area contributed by atoms with Gasteiger partial charge in [-0.1, -0.05) is 49.4 Å². The minimum absolute atomic E-state index is 0.226. The van der Waals surface area contributed by atoms with Crippen molar-refractivity contribution < 1.29 is 9.69 Å². The van der Waals surface area contributed by atoms with Gasteiger partial charge < -0.3 is 14.7 Å². The van der Waals surface area contributed by atoms with E-state index in [1.165, 1.54) is 16.8 Å². The van der Waals surface area contributed by atoms with Gasteiger partial charge in [-0.2, -0.15) is 0 Å². The van der Waals surface area contributed by atoms with Crippen LogP contribution in [0.25, 0.3) is 0 Å². The van der Waals surface area contributed by atoms with E-state index in [1.807, 2.05) is 0 Å². The molecular formula is C25H34N3O+. The summed E-state index contributed by atoms with van der Waals surface area (Å²) < 4.78 is 0. The lowest BCUT2D eigenvalue weighted by Gasteiger charge is -2.38. The average Bonchev–Trinajstić information content (AvgIpc) is 2.80. The third-order valence-corrected chi connectivity index (χ3v) is 6.64. The smallest absolute Gasteiger partial charge is 0.226 e. The summed E-state index contributed by atoms with van der Waals surface area (Å²) in [7, 11) is 0. The van der Waals surface area contributed by atoms with Gasteiger partial charge in [-0.05, 0) is 24.1 Å². The predicted octanol–water partition coefficient (Wildman–Crippen LogP) is 2.39. The lowest BCUT2D eigenvalue weighted by atomic mass is 9.94. The number of piperazine rings is 1. The third-order valence-electron chi connectivity index (χ3n) is 6.64. The van der Waals surface area contributed by atoms with Crippen LogP contribution in [0.3, 0.4) is 0 Å². The number of benzene rings is 2. The van der Waals surface area contributed by atoms with Crippen molar-refractivity contribution in [3.8, 4) is 0 Å². The first-order valence-electron chi connectivity index (χ1n) is 11.2. The predicted molar refractivity (Wildman–Crippen MR) is 118 cm³/mol. The normalized spacial score (nSPS) is 22.5. The number of nitrogens with zero attached hydrogens (tertiary/aromatic N) is 2. The second-order valence-corrected chi connectivity index (χ2v) is 8.52. The maximum atomic E-state index is 13.0. The van der Waals surface area contributed by atoms with Gasteiger partial charge >= 0.3 is 0 Å². The number of anilines is 1. The van der Waals surface area contributed by atoms with Crippen molar-refractivity contribution in [3.05, 3.63) is 65.7 Å². The number of carbonyl (C=O) groups is 1. The molecule has 2 aliphatic heterocycles. The molecule has 0 aliphatic carbocycles. The van der Waals surface area contributed by atoms with Crippen LogP contribution in [-0.4, -0.2) is 50.1 Å². The largest absolute Gasteiger partial charge is 0.368 e. The summed E-state index contributed by atoms with van der Waals surface area (Å²) in [6, 6.07) is 19.6. The molecule has 2 fully saturated rings. The van der Waals surface area contributed by atoms with Gasteiger partial charge in [-0.25, -0.2) is 0 Å². The molecule has 4 rings (SSSR count). The highest BCUT2D eigenvalue weighted by atomic mass is 16.2. The number of hydrogen-bond donors (Lipinski definition) is 1. The number of hydrogen-bond acceptors (Lipinski definition) is 2. The number of nitrogens with one attached hydrogen (secondary N) is 1. The molecule has 0 radical (unpaired) electrons. The molecule has 2 heterocycles. The number of para-hydroxylation sites is 1. The number of amides is 1. The number of likely N-dealkylation sites (tertiary alicyclic amines) is 1. The number of carbonyl (C=O) groups excluding carboxylic acids is 1. The first kappa shape index (κ1) is 20.0. The lowest BCUT2D eigenvalue weighted by Crippen LogP contribution is -3.11. The Morgan fingerprint density at radius 1 is 0.897 bits per heavy atom. The van der Waals surface area contributed by atoms with Crippen LogP contribution in [0.15, 0.2) is 54.6 Å². The van der Waals surface area contributed by atoms with E-state index in [-0.39, 0.29) is 5.92 Å². The zero-order chi connectivity index (χ0) is 20.1. The molecule has 0 saturated carbocycles. The maximum Gasteiger partial charge on any atom is 0.226 e. The standard InChI is InChI=1S/C25H33N3O/c1-2-21-8-10-22(11-9-21)20-26-14-12-23(13-15-26)25(29)28-18-16-27(17-19-28)24-6-4-3-5-7-24/h3-11,23H,2,12-20H2,1H3/p+1. The van der Waals surface area contributed by atoms with Crippen molar-refractivity contribution in [3.63, 3.8) is 0 Å². The van der Waals surface area contributed by atoms with Crippen molar-refractivity contribution in [2.75, 3.05) is 44.2 Å². The second kappa shape index (κ2) is 9.45. The van der Waals surface area contributed by atoms with Crippen LogP contribution in [0, 0.1) is 5.92 Å². The minimum Gasteiger partial charge on any atom is -0.368 e. The molecule has 1 amide bonds. The Hall–Kier alpha value is -2.33. The molecule has 0 spiro atoms. The Morgan fingerprint density at radius 2 is 1.52 bits per heavy atom. The van der Waals surface area contributed by atoms with Crippen LogP contribution in [0.4, 0.5) is 5.69 Å². The van der Waals surface area contributed by atoms with Gasteiger partial charge in [0.2, 0.25) is 5.91 Å². The molecule has 4 nitrogen and oxygen atoms in total. The van der Waals surface area contributed by atoms with E-state index in [0.29, 0.717) is 5.91 Å². The fraction of sp³-hybridized carbons (Fsp3) is 0.480. The van der Waals surface area contributed by atoms with Gasteiger partial charge in [0.1, 0.15) is 6.54 Å². The molecule has 0 unspecified atom stereocenters. The van der Waals surface area contributed by atoms with E-state index >= 15 is 0 Å². The Balaban J connectivity index is 1.23. The van der Waals surface area contributed by atoms with Crippen LogP contribution in [-0.2, 0) is 17.8 Å². The SMILES string of the molecule is CCc1ccc(C[NH+]2CCC(C(=O)N3CCN(c4ccccc4)CC3)CC2)cc1. The molecule has 4 heteroatoms. The molecule has 154 valence electrons. The fourth-order valence-electron chi connectivity index (χ4n) is 4.71. The van der Waals surface area contributed by atoms with E-state index in [2.05, 4.69) is 71.3 Å². The van der Waals surface area contributed by atoms with Gasteiger partial charge in [0.05, 0.1) is 13.1 Å². The topological polar surface area (TPSA) is 28.0 Å². The van der Waals surface area contributed by atoms with Gasteiger partial charge in [-0.3, -0.25) is 4.79 Å². The summed E-state index contributed by atoms with van der Waals surface area (Å²) in [6.07, 6.45) is 3.15. The Morgan fingerprint density at radius 3 is 2.14 bits per heavy atom. The lowest BCUT2D eigenvalue weighted by molar-refractivity contribution is -0.919. The highest BCUT2D eigenvalue weighted by Gasteiger charge is 2.32. The van der Waals surface area contributed by atoms with Crippen molar-refractivity contribution in [2.24, 2.45) is 5.92 Å². The van der Waals surface area contributed by atoms with Crippen molar-refractivity contribution in [1.82, 2.24) is 4.90 Å². The van der Waals surface area contributed by atoms with Crippen LogP contribution in [0.5, 0.6) is 0 Å². The fourth-order valence-corrected chi connectivity index (χ4v) is 4.71. The van der Waals surface area contributed by atoms with E-state index in [4.69, 9.17) is 0 Å². The highest BCUT2D eigenvalue weighted by Crippen LogP contribution is 2.19. The summed E-state index contributed by atoms with van der Waals surface area (Å²) in [5.74, 6) is 0.619. The first-order chi connectivity index (χ1) is 14.2. The molecule has 2 aliphatic rings. The Bertz CT molecular complexity index is 773. The third kappa shape index (κ3) is 4.99. The molecule has 0 bridgehead atoms. The molecule has 1 N–H and O–H groups in total. The maximum absolute atomic E-state index is 13.0. The zero-order valence-electron chi connectivity index (χ0n) is 17.6. The van der Waals surface area contributed by atoms with Crippen molar-refractivity contribution in [2.45, 2.75) is 32.7 Å². The molecule has 2 saturated heterocycles. The van der Waals surface area contributed by atoms with Gasteiger partial charge in [0.15, 0.2) is 0 Å². The van der Waals surface area contributed by atoms with Crippen LogP contribution in [0.1, 0.15) is 30.9 Å². The Kier molecular flexibility index (Phi) is 6.50. The summed E-state index contributed by atoms with van der Waals surface area (Å²) in [4.78, 5) is 19.1. The minimum atomic E-state index is 0.226. The van der Waals surface area contributed by atoms with Gasteiger partial charge in [-0.15, -0.1) is 0 Å². The number of quaternary nitrogens is 1. The van der Waals surface area contributed by atoms with E-state index in [9.17, 15) is 4.79 Å². The summed E-state index contributed by atoms with van der Waals surface area (Å²) >= 11 is 0. The van der Waals surface area contributed by atoms with E-state index in [1.54, 1.807) is 4.90 Å². The molecule has 2 aromatic rings. The molecule has 2 aromatic carbocycles. The van der Waals surface area contributed by atoms with Crippen molar-refractivity contribution in [1.29, 1.82) is 0 Å². The molecule has 0 atom stereocenters. The number of rotatable bonds is 5. The zero-order valence-corrected chi connectivity index (χ0v) is 17.6. The van der Waals surface area contributed by atoms with E-state index < -0.39 is 0 Å². The summed E-state index contributed by atoms with van der Waals surface area (Å²) in [5, 5.41) is 0. The quantitative estimate of drug-likeness (QED) is 0.846. The van der Waals surface area contributed by atoms with E-state index in [0.717, 1.165) is 65.1 Å². The molecular weight excluding hydrogens is 358 g/mol. The average molecular weight is 393 g/mol. The first-order valence-corrected chi connectivity index (χ1v) is 11.2. The summed E-state index contributed by atoms with van der Waals surface area (Å²) in [5.41, 5.74) is 4.09. The van der Waals surface area contributed by atoms with Crippen LogP contribution in [0.2, 0.25) is 0 Å². The molecule has 29 heavy (non-hydrogen) atoms. The number of piperidine rings is 1. The van der Waals surface area contributed by atoms with Gasteiger partial charge in [0, 0.05) is 56.2 Å². The second-order valence-electron chi connectivity index (χ2n) is 8.52. The summed E-state index contributed by atoms with van der Waals surface area (Å²) in [6.45, 7) is 9.08. The molecule has 0 aromatic heterocycles. The van der Waals surface area contributed by atoms with Gasteiger partial charge in [0.25, 0.3) is 0 Å². The highest BCUT2D eigenvalue weighted by molar-refractivity contribution is 5.79. The van der Waals surface area contributed by atoms with Crippen LogP contribution < -0.4 is 9.80 Å². The number of aryl methyl sites for hydroxylation is 1. The monoisotopic (exact) mass is 392 g/mol. The Labute approximate surface area is 175 Å². The van der Waals surface area contributed by atoms with Crippen LogP contribution >= 0.6 is 0 Å². The van der Waals surface area contributed by atoms with Crippen molar-refractivity contribution >= 4 is 11.6 Å².